The van der Waals surface area contributed by atoms with Crippen molar-refractivity contribution in [1.29, 1.82) is 0 Å². The van der Waals surface area contributed by atoms with Crippen LogP contribution in [0.3, 0.4) is 0 Å². The summed E-state index contributed by atoms with van der Waals surface area (Å²) in [6.45, 7) is 6.00. The van der Waals surface area contributed by atoms with E-state index in [2.05, 4.69) is 0 Å². The van der Waals surface area contributed by atoms with Gasteiger partial charge in [0.2, 0.25) is 5.92 Å². The first-order chi connectivity index (χ1) is 9.09. The van der Waals surface area contributed by atoms with Crippen LogP contribution < -0.4 is 0 Å². The molecule has 0 saturated heterocycles. The number of hydrogen-bond donors (Lipinski definition) is 1. The maximum absolute atomic E-state index is 11.7. The second kappa shape index (κ2) is 5.60. The fraction of sp³-hybridized carbons (Fsp3) is 0.692. The van der Waals surface area contributed by atoms with Crippen LogP contribution in [-0.2, 0) is 28.7 Å². The number of esters is 2. The average molecular weight is 286 g/mol. The second-order valence-electron chi connectivity index (χ2n) is 5.47. The Bertz CT molecular complexity index is 438. The lowest BCUT2D eigenvalue weighted by molar-refractivity contribution is -0.162. The molecular formula is C13H18O7. The molecule has 0 aromatic carbocycles. The summed E-state index contributed by atoms with van der Waals surface area (Å²) in [5.41, 5.74) is -0.412. The normalized spacial score (nSPS) is 24.4. The number of ketones is 1. The Kier molecular flexibility index (Phi) is 4.52. The predicted octanol–water partition coefficient (Wildman–Crippen LogP) is 0.407. The summed E-state index contributed by atoms with van der Waals surface area (Å²) in [4.78, 5) is 44.5. The van der Waals surface area contributed by atoms with Crippen molar-refractivity contribution in [2.24, 2.45) is 17.3 Å². The van der Waals surface area contributed by atoms with Crippen LogP contribution in [0.15, 0.2) is 0 Å². The van der Waals surface area contributed by atoms with E-state index in [1.54, 1.807) is 0 Å². The Labute approximate surface area is 116 Å². The Hall–Kier alpha value is -1.92. The molecule has 0 aromatic heterocycles. The molecule has 1 saturated carbocycles. The van der Waals surface area contributed by atoms with E-state index in [1.807, 2.05) is 13.8 Å². The summed E-state index contributed by atoms with van der Waals surface area (Å²) in [5, 5.41) is 8.83. The highest BCUT2D eigenvalue weighted by Crippen LogP contribution is 2.54. The molecular weight excluding hydrogens is 268 g/mol. The number of hydrogen-bond acceptors (Lipinski definition) is 6. The highest BCUT2D eigenvalue weighted by Gasteiger charge is 2.62. The summed E-state index contributed by atoms with van der Waals surface area (Å²) in [7, 11) is 0. The van der Waals surface area contributed by atoms with Crippen LogP contribution in [0.1, 0.15) is 27.7 Å². The summed E-state index contributed by atoms with van der Waals surface area (Å²) in [6, 6.07) is 0. The smallest absolute Gasteiger partial charge is 0.328 e. The van der Waals surface area contributed by atoms with E-state index in [0.29, 0.717) is 0 Å². The third-order valence-electron chi connectivity index (χ3n) is 3.54. The Morgan fingerprint density at radius 3 is 2.15 bits per heavy atom. The summed E-state index contributed by atoms with van der Waals surface area (Å²) >= 11 is 0. The van der Waals surface area contributed by atoms with Gasteiger partial charge in [-0.2, -0.15) is 0 Å². The Morgan fingerprint density at radius 1 is 1.20 bits per heavy atom. The topological polar surface area (TPSA) is 107 Å². The Morgan fingerprint density at radius 2 is 1.75 bits per heavy atom. The first-order valence-electron chi connectivity index (χ1n) is 6.16. The van der Waals surface area contributed by atoms with E-state index in [1.165, 1.54) is 6.92 Å². The zero-order chi connectivity index (χ0) is 15.7. The molecule has 1 aliphatic rings. The maximum atomic E-state index is 11.7. The molecule has 1 N–H and O–H groups in total. The third-order valence-corrected chi connectivity index (χ3v) is 3.54. The molecule has 0 spiro atoms. The summed E-state index contributed by atoms with van der Waals surface area (Å²) in [6.07, 6.45) is -0.560. The van der Waals surface area contributed by atoms with Crippen LogP contribution in [0.25, 0.3) is 0 Å². The molecule has 0 amide bonds. The monoisotopic (exact) mass is 286 g/mol. The van der Waals surface area contributed by atoms with Gasteiger partial charge in [-0.3, -0.25) is 19.2 Å². The van der Waals surface area contributed by atoms with Crippen molar-refractivity contribution in [3.8, 4) is 0 Å². The van der Waals surface area contributed by atoms with Gasteiger partial charge in [-0.25, -0.2) is 0 Å². The van der Waals surface area contributed by atoms with E-state index in [-0.39, 0.29) is 12.5 Å². The van der Waals surface area contributed by atoms with Crippen LogP contribution in [0.5, 0.6) is 0 Å². The quantitative estimate of drug-likeness (QED) is 0.556. The maximum Gasteiger partial charge on any atom is 0.328 e. The first-order valence-corrected chi connectivity index (χ1v) is 6.16. The van der Waals surface area contributed by atoms with Crippen LogP contribution in [0.4, 0.5) is 0 Å². The number of rotatable bonds is 6. The fourth-order valence-electron chi connectivity index (χ4n) is 2.07. The van der Waals surface area contributed by atoms with Gasteiger partial charge in [0, 0.05) is 18.3 Å². The fourth-order valence-corrected chi connectivity index (χ4v) is 2.07. The molecule has 3 unspecified atom stereocenters. The van der Waals surface area contributed by atoms with Gasteiger partial charge in [-0.1, -0.05) is 13.8 Å². The largest absolute Gasteiger partial charge is 0.480 e. The minimum Gasteiger partial charge on any atom is -0.480 e. The minimum absolute atomic E-state index is 0.0953. The lowest BCUT2D eigenvalue weighted by Gasteiger charge is -2.10. The number of carbonyl (C=O) groups excluding carboxylic acids is 3. The van der Waals surface area contributed by atoms with E-state index in [0.717, 1.165) is 6.92 Å². The molecule has 0 radical (unpaired) electrons. The first kappa shape index (κ1) is 16.1. The zero-order valence-corrected chi connectivity index (χ0v) is 11.8. The average Bonchev–Trinajstić information content (AvgIpc) is 2.75. The number of carbonyl (C=O) groups is 4. The molecule has 1 fully saturated rings. The molecule has 112 valence electrons. The summed E-state index contributed by atoms with van der Waals surface area (Å²) < 4.78 is 9.93. The van der Waals surface area contributed by atoms with Crippen molar-refractivity contribution in [3.63, 3.8) is 0 Å². The van der Waals surface area contributed by atoms with Crippen molar-refractivity contribution >= 4 is 23.7 Å². The molecule has 1 aliphatic carbocycles. The lowest BCUT2D eigenvalue weighted by atomic mass is 10.1. The van der Waals surface area contributed by atoms with Crippen LogP contribution >= 0.6 is 0 Å². The van der Waals surface area contributed by atoms with E-state index in [9.17, 15) is 19.2 Å². The molecule has 3 atom stereocenters. The van der Waals surface area contributed by atoms with Crippen molar-refractivity contribution < 1.29 is 33.8 Å². The van der Waals surface area contributed by atoms with Crippen LogP contribution in [0, 0.1) is 17.3 Å². The van der Waals surface area contributed by atoms with Crippen molar-refractivity contribution in [2.75, 3.05) is 6.61 Å². The van der Waals surface area contributed by atoms with Crippen LogP contribution in [-0.4, -0.2) is 41.5 Å². The third kappa shape index (κ3) is 3.34. The van der Waals surface area contributed by atoms with Gasteiger partial charge in [-0.15, -0.1) is 0 Å². The molecule has 0 aromatic rings. The van der Waals surface area contributed by atoms with Gasteiger partial charge in [0.25, 0.3) is 0 Å². The number of ether oxygens (including phenoxy) is 2. The number of Topliss-reactive ketones (excluding diaryl/α,β-unsaturated/α-hetero) is 1. The van der Waals surface area contributed by atoms with E-state index in [4.69, 9.17) is 14.6 Å². The van der Waals surface area contributed by atoms with E-state index < -0.39 is 41.1 Å². The van der Waals surface area contributed by atoms with Gasteiger partial charge < -0.3 is 14.6 Å². The predicted molar refractivity (Wildman–Crippen MR) is 65.6 cm³/mol. The standard InChI is InChI=1S/C13H18O7/c1-6(14)9(11(16)17)12(18)20-10-8(13(10,3)4)5-19-7(2)15/h8-10H,5H2,1-4H3,(H,16,17). The number of carboxylic acid groups (broad SMARTS) is 1. The van der Waals surface area contributed by atoms with Gasteiger partial charge in [0.15, 0.2) is 5.78 Å². The van der Waals surface area contributed by atoms with Gasteiger partial charge >= 0.3 is 17.9 Å². The Balaban J connectivity index is 2.64. The molecule has 0 aliphatic heterocycles. The summed E-state index contributed by atoms with van der Waals surface area (Å²) in [5.74, 6) is -5.83. The SMILES string of the molecule is CC(=O)OCC1C(OC(=O)C(C(C)=O)C(=O)O)C1(C)C. The molecule has 0 heterocycles. The molecule has 7 nitrogen and oxygen atoms in total. The lowest BCUT2D eigenvalue weighted by Crippen LogP contribution is -2.32. The number of carboxylic acids is 1. The van der Waals surface area contributed by atoms with E-state index >= 15 is 0 Å². The highest BCUT2D eigenvalue weighted by molar-refractivity contribution is 6.13. The molecule has 0 bridgehead atoms. The van der Waals surface area contributed by atoms with Gasteiger partial charge in [0.1, 0.15) is 6.10 Å². The molecule has 7 heteroatoms. The van der Waals surface area contributed by atoms with Gasteiger partial charge in [0.05, 0.1) is 6.61 Å². The highest BCUT2D eigenvalue weighted by atomic mass is 16.6. The molecule has 20 heavy (non-hydrogen) atoms. The zero-order valence-electron chi connectivity index (χ0n) is 11.8. The van der Waals surface area contributed by atoms with Crippen molar-refractivity contribution in [2.45, 2.75) is 33.8 Å². The minimum atomic E-state index is -1.80. The van der Waals surface area contributed by atoms with Crippen LogP contribution in [0.2, 0.25) is 0 Å². The van der Waals surface area contributed by atoms with Gasteiger partial charge in [-0.05, 0) is 6.92 Å². The van der Waals surface area contributed by atoms with Crippen molar-refractivity contribution in [3.05, 3.63) is 0 Å². The number of aliphatic carboxylic acids is 1. The molecule has 1 rings (SSSR count). The second-order valence-corrected chi connectivity index (χ2v) is 5.47. The van der Waals surface area contributed by atoms with Crippen molar-refractivity contribution in [1.82, 2.24) is 0 Å².